The molecule has 0 bridgehead atoms. The number of carbonyl (C=O) groups excluding carboxylic acids is 1. The van der Waals surface area contributed by atoms with Crippen molar-refractivity contribution in [3.05, 3.63) is 35.9 Å². The number of hydrogen-bond acceptors (Lipinski definition) is 3. The summed E-state index contributed by atoms with van der Waals surface area (Å²) in [4.78, 5) is 19.9. The van der Waals surface area contributed by atoms with Gasteiger partial charge in [-0.3, -0.25) is 4.79 Å². The van der Waals surface area contributed by atoms with E-state index < -0.39 is 0 Å². The van der Waals surface area contributed by atoms with Crippen molar-refractivity contribution in [1.29, 1.82) is 0 Å². The Bertz CT molecular complexity index is 602. The van der Waals surface area contributed by atoms with Crippen LogP contribution < -0.4 is 0 Å². The van der Waals surface area contributed by atoms with Gasteiger partial charge >= 0.3 is 0 Å². The second kappa shape index (κ2) is 11.1. The molecule has 4 nitrogen and oxygen atoms in total. The van der Waals surface area contributed by atoms with Gasteiger partial charge in [0, 0.05) is 25.6 Å². The number of benzene rings is 1. The van der Waals surface area contributed by atoms with Crippen LogP contribution in [0.4, 0.5) is 0 Å². The van der Waals surface area contributed by atoms with Crippen molar-refractivity contribution in [2.24, 2.45) is 11.8 Å². The molecule has 0 saturated carbocycles. The van der Waals surface area contributed by atoms with Crippen molar-refractivity contribution >= 4 is 5.91 Å². The minimum absolute atomic E-state index is 0.244. The SMILES string of the molecule is CC(C)CN(C)C(=O)C1CCN(C2CCN(CCCc3ccccc3)CC2)CC1. The smallest absolute Gasteiger partial charge is 0.225 e. The molecule has 0 aromatic heterocycles. The highest BCUT2D eigenvalue weighted by Crippen LogP contribution is 2.25. The first-order chi connectivity index (χ1) is 14.0. The van der Waals surface area contributed by atoms with Gasteiger partial charge in [-0.15, -0.1) is 0 Å². The van der Waals surface area contributed by atoms with Gasteiger partial charge in [0.05, 0.1) is 0 Å². The number of likely N-dealkylation sites (tertiary alicyclic amines) is 2. The standard InChI is InChI=1S/C25H41N3O/c1-21(2)20-26(3)25(29)23-11-18-28(19-12-23)24-13-16-27(17-14-24)15-7-10-22-8-5-4-6-9-22/h4-6,8-9,21,23-24H,7,10-20H2,1-3H3. The summed E-state index contributed by atoms with van der Waals surface area (Å²) in [5.74, 6) is 1.15. The molecule has 0 N–H and O–H groups in total. The largest absolute Gasteiger partial charge is 0.345 e. The molecule has 1 aromatic rings. The zero-order valence-corrected chi connectivity index (χ0v) is 18.9. The van der Waals surface area contributed by atoms with Crippen LogP contribution in [0.5, 0.6) is 0 Å². The molecule has 2 heterocycles. The van der Waals surface area contributed by atoms with E-state index in [1.807, 2.05) is 11.9 Å². The highest BCUT2D eigenvalue weighted by Gasteiger charge is 2.31. The van der Waals surface area contributed by atoms with Crippen molar-refractivity contribution in [2.45, 2.75) is 58.4 Å². The highest BCUT2D eigenvalue weighted by atomic mass is 16.2. The maximum absolute atomic E-state index is 12.7. The molecule has 29 heavy (non-hydrogen) atoms. The Balaban J connectivity index is 1.33. The van der Waals surface area contributed by atoms with E-state index in [0.29, 0.717) is 11.8 Å². The maximum atomic E-state index is 12.7. The zero-order chi connectivity index (χ0) is 20.6. The predicted octanol–water partition coefficient (Wildman–Crippen LogP) is 3.91. The van der Waals surface area contributed by atoms with E-state index in [1.54, 1.807) is 0 Å². The van der Waals surface area contributed by atoms with Gasteiger partial charge in [-0.2, -0.15) is 0 Å². The fourth-order valence-electron chi connectivity index (χ4n) is 5.12. The molecule has 0 aliphatic carbocycles. The average molecular weight is 400 g/mol. The number of carbonyl (C=O) groups is 1. The Kier molecular flexibility index (Phi) is 8.55. The van der Waals surface area contributed by atoms with Gasteiger partial charge < -0.3 is 14.7 Å². The molecule has 1 aromatic carbocycles. The van der Waals surface area contributed by atoms with E-state index in [1.165, 1.54) is 50.9 Å². The van der Waals surface area contributed by atoms with Crippen LogP contribution in [-0.2, 0) is 11.2 Å². The topological polar surface area (TPSA) is 26.8 Å². The summed E-state index contributed by atoms with van der Waals surface area (Å²) in [6, 6.07) is 11.6. The van der Waals surface area contributed by atoms with E-state index >= 15 is 0 Å². The van der Waals surface area contributed by atoms with Gasteiger partial charge in [-0.25, -0.2) is 0 Å². The van der Waals surface area contributed by atoms with Crippen LogP contribution in [0.15, 0.2) is 30.3 Å². The number of rotatable bonds is 8. The van der Waals surface area contributed by atoms with Crippen molar-refractivity contribution in [3.8, 4) is 0 Å². The summed E-state index contributed by atoms with van der Waals surface area (Å²) in [5, 5.41) is 0. The molecule has 3 rings (SSSR count). The second-order valence-electron chi connectivity index (χ2n) is 9.58. The fourth-order valence-corrected chi connectivity index (χ4v) is 5.12. The number of aryl methyl sites for hydroxylation is 1. The molecular formula is C25H41N3O. The zero-order valence-electron chi connectivity index (χ0n) is 18.9. The first-order valence-electron chi connectivity index (χ1n) is 11.8. The van der Waals surface area contributed by atoms with E-state index in [0.717, 1.165) is 38.5 Å². The molecular weight excluding hydrogens is 358 g/mol. The lowest BCUT2D eigenvalue weighted by molar-refractivity contribution is -0.136. The number of hydrogen-bond donors (Lipinski definition) is 0. The Hall–Kier alpha value is -1.39. The van der Waals surface area contributed by atoms with Crippen LogP contribution in [0.1, 0.15) is 51.5 Å². The minimum atomic E-state index is 0.244. The van der Waals surface area contributed by atoms with E-state index in [4.69, 9.17) is 0 Å². The van der Waals surface area contributed by atoms with Gasteiger partial charge in [-0.05, 0) is 82.7 Å². The van der Waals surface area contributed by atoms with Crippen molar-refractivity contribution in [3.63, 3.8) is 0 Å². The molecule has 2 saturated heterocycles. The third kappa shape index (κ3) is 6.82. The van der Waals surface area contributed by atoms with Crippen LogP contribution in [0.3, 0.4) is 0 Å². The van der Waals surface area contributed by atoms with Gasteiger partial charge in [0.15, 0.2) is 0 Å². The third-order valence-electron chi connectivity index (χ3n) is 6.75. The quantitative estimate of drug-likeness (QED) is 0.663. The van der Waals surface area contributed by atoms with E-state index in [9.17, 15) is 4.79 Å². The highest BCUT2D eigenvalue weighted by molar-refractivity contribution is 5.78. The summed E-state index contributed by atoms with van der Waals surface area (Å²) >= 11 is 0. The average Bonchev–Trinajstić information content (AvgIpc) is 2.74. The molecule has 0 spiro atoms. The first-order valence-corrected chi connectivity index (χ1v) is 11.8. The summed E-state index contributed by atoms with van der Waals surface area (Å²) in [6.45, 7) is 11.1. The van der Waals surface area contributed by atoms with Crippen molar-refractivity contribution < 1.29 is 4.79 Å². The molecule has 2 aliphatic heterocycles. The van der Waals surface area contributed by atoms with Gasteiger partial charge in [0.1, 0.15) is 0 Å². The van der Waals surface area contributed by atoms with Crippen LogP contribution in [-0.4, -0.2) is 73.0 Å². The molecule has 1 amide bonds. The van der Waals surface area contributed by atoms with Crippen molar-refractivity contribution in [1.82, 2.24) is 14.7 Å². The predicted molar refractivity (Wildman–Crippen MR) is 121 cm³/mol. The van der Waals surface area contributed by atoms with Crippen LogP contribution in [0, 0.1) is 11.8 Å². The molecule has 162 valence electrons. The van der Waals surface area contributed by atoms with E-state index in [2.05, 4.69) is 54.0 Å². The molecule has 2 fully saturated rings. The van der Waals surface area contributed by atoms with Crippen LogP contribution >= 0.6 is 0 Å². The Morgan fingerprint density at radius 1 is 1.03 bits per heavy atom. The van der Waals surface area contributed by atoms with Crippen LogP contribution in [0.2, 0.25) is 0 Å². The maximum Gasteiger partial charge on any atom is 0.225 e. The molecule has 2 aliphatic rings. The first kappa shape index (κ1) is 22.3. The fraction of sp³-hybridized carbons (Fsp3) is 0.720. The Morgan fingerprint density at radius 2 is 1.69 bits per heavy atom. The lowest BCUT2D eigenvalue weighted by atomic mass is 9.92. The molecule has 0 unspecified atom stereocenters. The number of amides is 1. The van der Waals surface area contributed by atoms with Gasteiger partial charge in [0.25, 0.3) is 0 Å². The molecule has 0 radical (unpaired) electrons. The monoisotopic (exact) mass is 399 g/mol. The normalized spacial score (nSPS) is 20.3. The van der Waals surface area contributed by atoms with Crippen LogP contribution in [0.25, 0.3) is 0 Å². The van der Waals surface area contributed by atoms with Crippen molar-refractivity contribution in [2.75, 3.05) is 46.3 Å². The minimum Gasteiger partial charge on any atom is -0.345 e. The Labute approximate surface area is 178 Å². The Morgan fingerprint density at radius 3 is 2.31 bits per heavy atom. The summed E-state index contributed by atoms with van der Waals surface area (Å²) < 4.78 is 0. The second-order valence-corrected chi connectivity index (χ2v) is 9.58. The lowest BCUT2D eigenvalue weighted by Crippen LogP contribution is -2.49. The van der Waals surface area contributed by atoms with Gasteiger partial charge in [0.2, 0.25) is 5.91 Å². The summed E-state index contributed by atoms with van der Waals surface area (Å²) in [7, 11) is 1.97. The molecule has 4 heteroatoms. The van der Waals surface area contributed by atoms with E-state index in [-0.39, 0.29) is 5.92 Å². The summed E-state index contributed by atoms with van der Waals surface area (Å²) in [5.41, 5.74) is 1.46. The number of piperidine rings is 2. The lowest BCUT2D eigenvalue weighted by Gasteiger charge is -2.42. The summed E-state index contributed by atoms with van der Waals surface area (Å²) in [6.07, 6.45) is 7.10. The van der Waals surface area contributed by atoms with Gasteiger partial charge in [-0.1, -0.05) is 44.2 Å². The molecule has 0 atom stereocenters. The number of nitrogens with zero attached hydrogens (tertiary/aromatic N) is 3. The third-order valence-corrected chi connectivity index (χ3v) is 6.75.